The Balaban J connectivity index is 1.57. The van der Waals surface area contributed by atoms with Gasteiger partial charge in [0.1, 0.15) is 11.4 Å². The lowest BCUT2D eigenvalue weighted by Crippen LogP contribution is -2.57. The number of benzene rings is 1. The van der Waals surface area contributed by atoms with E-state index in [4.69, 9.17) is 0 Å². The molecular formula is C18H21N7O. The first-order chi connectivity index (χ1) is 12.5. The topological polar surface area (TPSA) is 103 Å². The predicted molar refractivity (Wildman–Crippen MR) is 98.8 cm³/mol. The number of rotatable bonds is 3. The van der Waals surface area contributed by atoms with Gasteiger partial charge in [0, 0.05) is 42.5 Å². The van der Waals surface area contributed by atoms with Gasteiger partial charge in [-0.2, -0.15) is 5.10 Å². The van der Waals surface area contributed by atoms with Gasteiger partial charge in [-0.3, -0.25) is 5.10 Å². The summed E-state index contributed by atoms with van der Waals surface area (Å²) in [6, 6.07) is 5.42. The molecule has 3 aromatic rings. The van der Waals surface area contributed by atoms with Crippen molar-refractivity contribution in [3.8, 4) is 28.1 Å². The van der Waals surface area contributed by atoms with E-state index in [1.165, 1.54) is 0 Å². The largest absolute Gasteiger partial charge is 0.507 e. The van der Waals surface area contributed by atoms with Crippen LogP contribution >= 0.6 is 0 Å². The third kappa shape index (κ3) is 3.23. The Morgan fingerprint density at radius 2 is 2.04 bits per heavy atom. The summed E-state index contributed by atoms with van der Waals surface area (Å²) in [5.41, 5.74) is 2.94. The highest BCUT2D eigenvalue weighted by atomic mass is 16.3. The second kappa shape index (κ2) is 6.38. The number of aromatic hydroxyl groups is 1. The smallest absolute Gasteiger partial charge is 0.245 e. The van der Waals surface area contributed by atoms with Gasteiger partial charge in [-0.15, -0.1) is 10.2 Å². The summed E-state index contributed by atoms with van der Waals surface area (Å²) in [5.74, 6) is 0.744. The maximum Gasteiger partial charge on any atom is 0.245 e. The van der Waals surface area contributed by atoms with Crippen LogP contribution in [-0.4, -0.2) is 55.7 Å². The zero-order valence-electron chi connectivity index (χ0n) is 14.8. The summed E-state index contributed by atoms with van der Waals surface area (Å²) in [5, 5.41) is 29.1. The van der Waals surface area contributed by atoms with Crippen LogP contribution in [0.4, 0.5) is 5.95 Å². The van der Waals surface area contributed by atoms with Gasteiger partial charge in [-0.25, -0.2) is 4.98 Å². The quantitative estimate of drug-likeness (QED) is 0.661. The molecule has 1 saturated heterocycles. The highest BCUT2D eigenvalue weighted by Gasteiger charge is 2.27. The Bertz CT molecular complexity index is 890. The van der Waals surface area contributed by atoms with Crippen molar-refractivity contribution in [2.24, 2.45) is 0 Å². The molecule has 3 heterocycles. The molecule has 1 aliphatic rings. The second-order valence-electron chi connectivity index (χ2n) is 7.09. The summed E-state index contributed by atoms with van der Waals surface area (Å²) < 4.78 is 0. The molecule has 0 atom stereocenters. The summed E-state index contributed by atoms with van der Waals surface area (Å²) in [6.45, 7) is 6.85. The monoisotopic (exact) mass is 351 g/mol. The first-order valence-corrected chi connectivity index (χ1v) is 8.54. The van der Waals surface area contributed by atoms with Gasteiger partial charge in [0.05, 0.1) is 12.4 Å². The van der Waals surface area contributed by atoms with Gasteiger partial charge in [0.2, 0.25) is 5.95 Å². The lowest BCUT2D eigenvalue weighted by molar-refractivity contribution is 0.350. The minimum Gasteiger partial charge on any atom is -0.507 e. The predicted octanol–water partition coefficient (Wildman–Crippen LogP) is 1.82. The van der Waals surface area contributed by atoms with E-state index < -0.39 is 0 Å². The Morgan fingerprint density at radius 3 is 2.69 bits per heavy atom. The van der Waals surface area contributed by atoms with Crippen molar-refractivity contribution in [3.63, 3.8) is 0 Å². The fraction of sp³-hybridized carbons (Fsp3) is 0.333. The molecule has 0 unspecified atom stereocenters. The molecule has 2 aromatic heterocycles. The maximum atomic E-state index is 10.4. The summed E-state index contributed by atoms with van der Waals surface area (Å²) in [4.78, 5) is 6.58. The number of phenols is 1. The average molecular weight is 351 g/mol. The molecule has 0 bridgehead atoms. The Labute approximate surface area is 151 Å². The third-order valence-electron chi connectivity index (χ3n) is 4.51. The fourth-order valence-corrected chi connectivity index (χ4v) is 3.19. The van der Waals surface area contributed by atoms with Gasteiger partial charge >= 0.3 is 0 Å². The first-order valence-electron chi connectivity index (χ1n) is 8.54. The third-order valence-corrected chi connectivity index (χ3v) is 4.51. The van der Waals surface area contributed by atoms with E-state index in [0.29, 0.717) is 17.2 Å². The molecule has 8 heteroatoms. The van der Waals surface area contributed by atoms with Crippen LogP contribution in [-0.2, 0) is 0 Å². The fourth-order valence-electron chi connectivity index (χ4n) is 3.19. The highest BCUT2D eigenvalue weighted by molar-refractivity contribution is 5.73. The van der Waals surface area contributed by atoms with Gasteiger partial charge in [0.15, 0.2) is 0 Å². The molecule has 0 spiro atoms. The van der Waals surface area contributed by atoms with Gasteiger partial charge < -0.3 is 15.3 Å². The lowest BCUT2D eigenvalue weighted by atomic mass is 10.0. The van der Waals surface area contributed by atoms with Crippen molar-refractivity contribution < 1.29 is 5.11 Å². The maximum absolute atomic E-state index is 10.4. The van der Waals surface area contributed by atoms with E-state index >= 15 is 0 Å². The molecule has 1 aliphatic heterocycles. The molecule has 134 valence electrons. The van der Waals surface area contributed by atoms with E-state index in [1.807, 2.05) is 12.1 Å². The molecule has 8 nitrogen and oxygen atoms in total. The molecule has 4 rings (SSSR count). The van der Waals surface area contributed by atoms with Gasteiger partial charge in [0.25, 0.3) is 0 Å². The number of nitrogens with one attached hydrogen (secondary N) is 2. The molecule has 0 amide bonds. The molecule has 0 radical (unpaired) electrons. The molecular weight excluding hydrogens is 330 g/mol. The van der Waals surface area contributed by atoms with Crippen LogP contribution in [0, 0.1) is 0 Å². The van der Waals surface area contributed by atoms with Crippen LogP contribution in [0.3, 0.4) is 0 Å². The van der Waals surface area contributed by atoms with Crippen LogP contribution in [0.15, 0.2) is 36.8 Å². The summed E-state index contributed by atoms with van der Waals surface area (Å²) in [6.07, 6.45) is 5.14. The van der Waals surface area contributed by atoms with Crippen LogP contribution in [0.2, 0.25) is 0 Å². The number of hydrogen-bond acceptors (Lipinski definition) is 7. The lowest BCUT2D eigenvalue weighted by Gasteiger charge is -2.38. The Morgan fingerprint density at radius 1 is 1.15 bits per heavy atom. The average Bonchev–Trinajstić information content (AvgIpc) is 3.16. The number of hydrogen-bond donors (Lipinski definition) is 3. The molecule has 1 aromatic carbocycles. The highest BCUT2D eigenvalue weighted by Crippen LogP contribution is 2.32. The van der Waals surface area contributed by atoms with E-state index in [-0.39, 0.29) is 11.3 Å². The van der Waals surface area contributed by atoms with Gasteiger partial charge in [-0.1, -0.05) is 6.07 Å². The Kier molecular flexibility index (Phi) is 4.04. The van der Waals surface area contributed by atoms with Crippen LogP contribution in [0.25, 0.3) is 22.4 Å². The van der Waals surface area contributed by atoms with E-state index in [2.05, 4.69) is 49.4 Å². The standard InChI is InChI=1S/C18H21N7O/c1-18(2)11-25(6-5-20-18)17-19-10-15(23-24-17)14-4-3-12(7-16(14)26)13-8-21-22-9-13/h3-4,7-10,20,26H,5-6,11H2,1-2H3,(H,21,22). The molecule has 26 heavy (non-hydrogen) atoms. The van der Waals surface area contributed by atoms with Crippen LogP contribution < -0.4 is 10.2 Å². The van der Waals surface area contributed by atoms with Crippen molar-refractivity contribution in [2.75, 3.05) is 24.5 Å². The minimum absolute atomic E-state index is 0.0153. The zero-order valence-corrected chi connectivity index (χ0v) is 14.8. The zero-order chi connectivity index (χ0) is 18.1. The molecule has 0 saturated carbocycles. The number of anilines is 1. The number of phenolic OH excluding ortho intramolecular Hbond substituents is 1. The van der Waals surface area contributed by atoms with Crippen molar-refractivity contribution in [1.29, 1.82) is 0 Å². The van der Waals surface area contributed by atoms with Crippen LogP contribution in [0.5, 0.6) is 5.75 Å². The summed E-state index contributed by atoms with van der Waals surface area (Å²) in [7, 11) is 0. The molecule has 1 fully saturated rings. The molecule has 3 N–H and O–H groups in total. The molecule has 0 aliphatic carbocycles. The van der Waals surface area contributed by atoms with Crippen molar-refractivity contribution in [2.45, 2.75) is 19.4 Å². The number of aromatic amines is 1. The normalized spacial score (nSPS) is 16.6. The number of piperazine rings is 1. The van der Waals surface area contributed by atoms with E-state index in [0.717, 1.165) is 30.8 Å². The number of H-pyrrole nitrogens is 1. The van der Waals surface area contributed by atoms with E-state index in [1.54, 1.807) is 24.7 Å². The summed E-state index contributed by atoms with van der Waals surface area (Å²) >= 11 is 0. The van der Waals surface area contributed by atoms with Gasteiger partial charge in [-0.05, 0) is 31.5 Å². The van der Waals surface area contributed by atoms with Crippen LogP contribution in [0.1, 0.15) is 13.8 Å². The Hall–Kier alpha value is -3.00. The van der Waals surface area contributed by atoms with Crippen molar-refractivity contribution >= 4 is 5.95 Å². The second-order valence-corrected chi connectivity index (χ2v) is 7.09. The van der Waals surface area contributed by atoms with E-state index in [9.17, 15) is 5.11 Å². The number of nitrogens with zero attached hydrogens (tertiary/aromatic N) is 5. The van der Waals surface area contributed by atoms with Crippen molar-refractivity contribution in [1.82, 2.24) is 30.7 Å². The SMILES string of the molecule is CC1(C)CN(c2ncc(-c3ccc(-c4cn[nH]c4)cc3O)nn2)CCN1. The minimum atomic E-state index is 0.0153. The van der Waals surface area contributed by atoms with Crippen molar-refractivity contribution in [3.05, 3.63) is 36.8 Å². The number of aromatic nitrogens is 5. The first kappa shape index (κ1) is 16.5.